The highest BCUT2D eigenvalue weighted by Gasteiger charge is 2.41. The molecule has 2 fully saturated rings. The number of nitrogens with one attached hydrogen (secondary N) is 1. The van der Waals surface area contributed by atoms with Gasteiger partial charge in [-0.1, -0.05) is 42.7 Å². The molecule has 0 spiro atoms. The van der Waals surface area contributed by atoms with E-state index in [-0.39, 0.29) is 11.4 Å². The molecule has 1 aromatic carbocycles. The molecule has 138 valence electrons. The fourth-order valence-electron chi connectivity index (χ4n) is 4.24. The summed E-state index contributed by atoms with van der Waals surface area (Å²) in [7, 11) is 0. The van der Waals surface area contributed by atoms with Crippen molar-refractivity contribution in [2.75, 3.05) is 31.1 Å². The van der Waals surface area contributed by atoms with Gasteiger partial charge in [-0.25, -0.2) is 0 Å². The minimum atomic E-state index is -0.495. The van der Waals surface area contributed by atoms with Crippen LogP contribution < -0.4 is 5.32 Å². The molecule has 1 aromatic rings. The lowest BCUT2D eigenvalue weighted by Gasteiger charge is -2.44. The van der Waals surface area contributed by atoms with Crippen LogP contribution in [0.1, 0.15) is 50.7 Å². The molecule has 1 aliphatic heterocycles. The minimum Gasteiger partial charge on any atom is -0.353 e. The topological polar surface area (TPSA) is 32.3 Å². The summed E-state index contributed by atoms with van der Waals surface area (Å²) in [5, 5.41) is 3.33. The van der Waals surface area contributed by atoms with Crippen molar-refractivity contribution in [2.45, 2.75) is 57.4 Å². The zero-order chi connectivity index (χ0) is 17.9. The SMILES string of the molecule is Cc1ccc(C(C)(C)C(=O)NCC2(N3CCSCC3)CCCC2)cc1. The Morgan fingerprint density at radius 2 is 1.76 bits per heavy atom. The van der Waals surface area contributed by atoms with Crippen LogP contribution in [0.2, 0.25) is 0 Å². The smallest absolute Gasteiger partial charge is 0.230 e. The maximum atomic E-state index is 13.0. The summed E-state index contributed by atoms with van der Waals surface area (Å²) >= 11 is 2.05. The Morgan fingerprint density at radius 1 is 1.16 bits per heavy atom. The lowest BCUT2D eigenvalue weighted by Crippen LogP contribution is -2.57. The standard InChI is InChI=1S/C21H32N2OS/c1-17-6-8-18(9-7-17)20(2,3)19(24)22-16-21(10-4-5-11-21)23-12-14-25-15-13-23/h6-9H,4-5,10-16H2,1-3H3,(H,22,24). The summed E-state index contributed by atoms with van der Waals surface area (Å²) in [4.78, 5) is 15.7. The van der Waals surface area contributed by atoms with E-state index in [9.17, 15) is 4.79 Å². The summed E-state index contributed by atoms with van der Waals surface area (Å²) in [5.41, 5.74) is 2.02. The van der Waals surface area contributed by atoms with E-state index in [0.717, 1.165) is 12.1 Å². The molecule has 0 unspecified atom stereocenters. The van der Waals surface area contributed by atoms with E-state index in [0.29, 0.717) is 0 Å². The highest BCUT2D eigenvalue weighted by Crippen LogP contribution is 2.36. The van der Waals surface area contributed by atoms with Gasteiger partial charge in [-0.3, -0.25) is 9.69 Å². The van der Waals surface area contributed by atoms with Gasteiger partial charge in [0.25, 0.3) is 0 Å². The predicted octanol–water partition coefficient (Wildman–Crippen LogP) is 3.75. The molecule has 25 heavy (non-hydrogen) atoms. The largest absolute Gasteiger partial charge is 0.353 e. The molecule has 0 atom stereocenters. The molecule has 1 aliphatic carbocycles. The van der Waals surface area contributed by atoms with Crippen molar-refractivity contribution in [2.24, 2.45) is 0 Å². The quantitative estimate of drug-likeness (QED) is 0.868. The summed E-state index contributed by atoms with van der Waals surface area (Å²) < 4.78 is 0. The zero-order valence-electron chi connectivity index (χ0n) is 15.9. The highest BCUT2D eigenvalue weighted by molar-refractivity contribution is 7.99. The minimum absolute atomic E-state index is 0.147. The number of benzene rings is 1. The second-order valence-electron chi connectivity index (χ2n) is 8.20. The number of carbonyl (C=O) groups excluding carboxylic acids is 1. The summed E-state index contributed by atoms with van der Waals surface area (Å²) in [6.07, 6.45) is 5.04. The number of nitrogens with zero attached hydrogens (tertiary/aromatic N) is 1. The fourth-order valence-corrected chi connectivity index (χ4v) is 5.15. The van der Waals surface area contributed by atoms with E-state index in [1.54, 1.807) is 0 Å². The van der Waals surface area contributed by atoms with Gasteiger partial charge in [-0.15, -0.1) is 0 Å². The molecule has 1 N–H and O–H groups in total. The highest BCUT2D eigenvalue weighted by atomic mass is 32.2. The number of thioether (sulfide) groups is 1. The second kappa shape index (κ2) is 7.71. The van der Waals surface area contributed by atoms with E-state index >= 15 is 0 Å². The average molecular weight is 361 g/mol. The Balaban J connectivity index is 1.67. The lowest BCUT2D eigenvalue weighted by atomic mass is 9.83. The monoisotopic (exact) mass is 360 g/mol. The van der Waals surface area contributed by atoms with E-state index in [1.165, 1.54) is 55.8 Å². The maximum Gasteiger partial charge on any atom is 0.230 e. The third kappa shape index (κ3) is 4.06. The number of hydrogen-bond donors (Lipinski definition) is 1. The van der Waals surface area contributed by atoms with Crippen LogP contribution in [0.4, 0.5) is 0 Å². The first-order valence-electron chi connectivity index (χ1n) is 9.62. The number of rotatable bonds is 5. The summed E-state index contributed by atoms with van der Waals surface area (Å²) in [6.45, 7) is 9.28. The van der Waals surface area contributed by atoms with Crippen LogP contribution in [0.15, 0.2) is 24.3 Å². The second-order valence-corrected chi connectivity index (χ2v) is 9.43. The molecule has 2 aliphatic rings. The van der Waals surface area contributed by atoms with Crippen molar-refractivity contribution < 1.29 is 4.79 Å². The Kier molecular flexibility index (Phi) is 5.79. The Bertz CT molecular complexity index is 584. The van der Waals surface area contributed by atoms with Crippen molar-refractivity contribution in [1.29, 1.82) is 0 Å². The molecule has 1 heterocycles. The van der Waals surface area contributed by atoms with Gasteiger partial charge in [-0.05, 0) is 39.2 Å². The Morgan fingerprint density at radius 3 is 2.36 bits per heavy atom. The van der Waals surface area contributed by atoms with E-state index in [2.05, 4.69) is 53.2 Å². The van der Waals surface area contributed by atoms with Gasteiger partial charge in [0.1, 0.15) is 0 Å². The van der Waals surface area contributed by atoms with Gasteiger partial charge in [0.05, 0.1) is 5.41 Å². The number of aryl methyl sites for hydroxylation is 1. The molecule has 0 bridgehead atoms. The van der Waals surface area contributed by atoms with Crippen LogP contribution >= 0.6 is 11.8 Å². The summed E-state index contributed by atoms with van der Waals surface area (Å²) in [6, 6.07) is 8.35. The van der Waals surface area contributed by atoms with E-state index in [1.807, 2.05) is 13.8 Å². The molecule has 1 saturated heterocycles. The molecule has 3 nitrogen and oxygen atoms in total. The third-order valence-corrected chi connectivity index (χ3v) is 7.08. The van der Waals surface area contributed by atoms with Crippen LogP contribution in [0.3, 0.4) is 0 Å². The van der Waals surface area contributed by atoms with Gasteiger partial charge < -0.3 is 5.32 Å². The van der Waals surface area contributed by atoms with Crippen molar-refractivity contribution >= 4 is 17.7 Å². The first-order valence-corrected chi connectivity index (χ1v) is 10.8. The van der Waals surface area contributed by atoms with Crippen molar-refractivity contribution in [3.63, 3.8) is 0 Å². The van der Waals surface area contributed by atoms with Crippen LogP contribution in [0.5, 0.6) is 0 Å². The molecular weight excluding hydrogens is 328 g/mol. The van der Waals surface area contributed by atoms with Gasteiger partial charge in [0.2, 0.25) is 5.91 Å². The van der Waals surface area contributed by atoms with Crippen LogP contribution in [0, 0.1) is 6.92 Å². The van der Waals surface area contributed by atoms with Gasteiger partial charge >= 0.3 is 0 Å². The first kappa shape index (κ1) is 18.8. The lowest BCUT2D eigenvalue weighted by molar-refractivity contribution is -0.126. The molecule has 0 aromatic heterocycles. The molecule has 1 amide bonds. The van der Waals surface area contributed by atoms with Crippen LogP contribution in [-0.4, -0.2) is 47.5 Å². The third-order valence-electron chi connectivity index (χ3n) is 6.14. The van der Waals surface area contributed by atoms with E-state index in [4.69, 9.17) is 0 Å². The average Bonchev–Trinajstić information content (AvgIpc) is 3.11. The van der Waals surface area contributed by atoms with E-state index < -0.39 is 5.41 Å². The fraction of sp³-hybridized carbons (Fsp3) is 0.667. The maximum absolute atomic E-state index is 13.0. The Labute approximate surface area is 156 Å². The molecule has 0 radical (unpaired) electrons. The molecule has 3 rings (SSSR count). The number of carbonyl (C=O) groups is 1. The molecule has 1 saturated carbocycles. The van der Waals surface area contributed by atoms with Crippen LogP contribution in [0.25, 0.3) is 0 Å². The van der Waals surface area contributed by atoms with Gasteiger partial charge in [0, 0.05) is 36.7 Å². The zero-order valence-corrected chi connectivity index (χ0v) is 16.8. The normalized spacial score (nSPS) is 21.2. The van der Waals surface area contributed by atoms with Crippen molar-refractivity contribution in [3.05, 3.63) is 35.4 Å². The molecular formula is C21H32N2OS. The van der Waals surface area contributed by atoms with Crippen molar-refractivity contribution in [3.8, 4) is 0 Å². The predicted molar refractivity (Wildman–Crippen MR) is 107 cm³/mol. The first-order chi connectivity index (χ1) is 11.9. The van der Waals surface area contributed by atoms with Gasteiger partial charge in [0.15, 0.2) is 0 Å². The summed E-state index contributed by atoms with van der Waals surface area (Å²) in [5.74, 6) is 2.60. The Hall–Kier alpha value is -1.00. The number of amides is 1. The van der Waals surface area contributed by atoms with Crippen molar-refractivity contribution in [1.82, 2.24) is 10.2 Å². The molecule has 4 heteroatoms. The van der Waals surface area contributed by atoms with Crippen LogP contribution in [-0.2, 0) is 10.2 Å². The van der Waals surface area contributed by atoms with Gasteiger partial charge in [-0.2, -0.15) is 11.8 Å². The number of hydrogen-bond acceptors (Lipinski definition) is 3.